The number of nitrogens with zero attached hydrogens (tertiary/aromatic N) is 4. The van der Waals surface area contributed by atoms with Crippen molar-refractivity contribution in [2.45, 2.75) is 80.1 Å². The second kappa shape index (κ2) is 16.0. The van der Waals surface area contributed by atoms with Crippen molar-refractivity contribution in [1.82, 2.24) is 19.3 Å². The number of ether oxygens (including phenoxy) is 1. The van der Waals surface area contributed by atoms with Gasteiger partial charge in [-0.2, -0.15) is 17.2 Å². The molecule has 4 aromatic carbocycles. The van der Waals surface area contributed by atoms with E-state index in [0.29, 0.717) is 29.3 Å². The number of aryl methyl sites for hydroxylation is 1. The third-order valence-corrected chi connectivity index (χ3v) is 10.3. The standard InChI is InChI=1S/C46H48N4O.Pt/c1-8-31(5)21-35-23-33(7)24-36(22-32(6)9-2)46(35)37-28-48-49(29-37)38-13-12-14-39(26-38)51-40-17-18-42-41-15-10-11-16-43(41)50(44(42)27-40)45-25-34(30(3)4)19-20-47-45;/h10-20,23-25,28-32H,8-9,21-22H2,1-7H3;/q-2;+2. The fourth-order valence-corrected chi connectivity index (χ4v) is 7.09. The van der Waals surface area contributed by atoms with E-state index in [2.05, 4.69) is 126 Å². The Morgan fingerprint density at radius 3 is 2.19 bits per heavy atom. The summed E-state index contributed by atoms with van der Waals surface area (Å²) in [6.07, 6.45) is 10.5. The molecule has 0 aliphatic rings. The van der Waals surface area contributed by atoms with Crippen LogP contribution in [0.3, 0.4) is 0 Å². The van der Waals surface area contributed by atoms with Crippen LogP contribution in [0.5, 0.6) is 11.5 Å². The van der Waals surface area contributed by atoms with Crippen molar-refractivity contribution < 1.29 is 25.8 Å². The molecule has 268 valence electrons. The summed E-state index contributed by atoms with van der Waals surface area (Å²) in [5.41, 5.74) is 10.7. The Kier molecular flexibility index (Phi) is 11.5. The summed E-state index contributed by atoms with van der Waals surface area (Å²) in [6, 6.07) is 34.6. The fraction of sp³-hybridized carbons (Fsp3) is 0.304. The molecule has 0 aliphatic carbocycles. The molecule has 0 saturated heterocycles. The predicted molar refractivity (Wildman–Crippen MR) is 210 cm³/mol. The average molecular weight is 868 g/mol. The molecule has 5 nitrogen and oxygen atoms in total. The molecule has 7 aromatic rings. The fourth-order valence-electron chi connectivity index (χ4n) is 7.09. The molecule has 0 amide bonds. The second-order valence-electron chi connectivity index (χ2n) is 14.6. The summed E-state index contributed by atoms with van der Waals surface area (Å²) >= 11 is 0. The van der Waals surface area contributed by atoms with Crippen LogP contribution in [-0.2, 0) is 33.9 Å². The molecule has 0 N–H and O–H groups in total. The van der Waals surface area contributed by atoms with Crippen molar-refractivity contribution >= 4 is 21.8 Å². The summed E-state index contributed by atoms with van der Waals surface area (Å²) < 4.78 is 10.6. The van der Waals surface area contributed by atoms with Crippen LogP contribution in [0.15, 0.2) is 97.5 Å². The van der Waals surface area contributed by atoms with Crippen molar-refractivity contribution in [3.05, 3.63) is 132 Å². The monoisotopic (exact) mass is 867 g/mol. The molecule has 3 aromatic heterocycles. The zero-order valence-corrected chi connectivity index (χ0v) is 33.6. The summed E-state index contributed by atoms with van der Waals surface area (Å²) in [5, 5.41) is 7.12. The average Bonchev–Trinajstić information content (AvgIpc) is 3.74. The molecule has 0 saturated carbocycles. The normalized spacial score (nSPS) is 12.7. The van der Waals surface area contributed by atoms with Crippen molar-refractivity contribution in [3.63, 3.8) is 0 Å². The Balaban J connectivity index is 0.00000464. The third kappa shape index (κ3) is 7.66. The maximum absolute atomic E-state index is 6.47. The quantitative estimate of drug-likeness (QED) is 0.115. The van der Waals surface area contributed by atoms with E-state index in [-0.39, 0.29) is 21.1 Å². The van der Waals surface area contributed by atoms with Gasteiger partial charge in [0.2, 0.25) is 0 Å². The van der Waals surface area contributed by atoms with E-state index in [9.17, 15) is 0 Å². The predicted octanol–water partition coefficient (Wildman–Crippen LogP) is 12.0. The number of benzene rings is 4. The first-order valence-corrected chi connectivity index (χ1v) is 18.5. The van der Waals surface area contributed by atoms with Gasteiger partial charge >= 0.3 is 21.1 Å². The van der Waals surface area contributed by atoms with Crippen LogP contribution in [0.25, 0.3) is 44.4 Å². The van der Waals surface area contributed by atoms with E-state index in [4.69, 9.17) is 14.8 Å². The number of hydrogen-bond acceptors (Lipinski definition) is 3. The van der Waals surface area contributed by atoms with Crippen LogP contribution in [0.2, 0.25) is 0 Å². The number of fused-ring (bicyclic) bond motifs is 3. The Hall–Kier alpha value is -4.47. The van der Waals surface area contributed by atoms with E-state index in [1.54, 1.807) is 0 Å². The van der Waals surface area contributed by atoms with Crippen LogP contribution in [0, 0.1) is 30.9 Å². The molecule has 2 atom stereocenters. The molecule has 7 rings (SSSR count). The topological polar surface area (TPSA) is 44.9 Å². The van der Waals surface area contributed by atoms with Crippen LogP contribution in [-0.4, -0.2) is 19.3 Å². The van der Waals surface area contributed by atoms with Gasteiger partial charge in [-0.15, -0.1) is 35.7 Å². The van der Waals surface area contributed by atoms with Gasteiger partial charge in [0.15, 0.2) is 0 Å². The molecule has 0 radical (unpaired) electrons. The smallest absolute Gasteiger partial charge is 0.509 e. The van der Waals surface area contributed by atoms with Crippen LogP contribution in [0.1, 0.15) is 82.6 Å². The summed E-state index contributed by atoms with van der Waals surface area (Å²) in [5.74, 6) is 3.71. The number of para-hydroxylation sites is 1. The number of pyridine rings is 1. The maximum Gasteiger partial charge on any atom is 2.00 e. The Labute approximate surface area is 323 Å². The second-order valence-corrected chi connectivity index (χ2v) is 14.6. The first-order chi connectivity index (χ1) is 24.7. The zero-order valence-electron chi connectivity index (χ0n) is 31.3. The molecule has 3 heterocycles. The van der Waals surface area contributed by atoms with Gasteiger partial charge in [-0.25, -0.2) is 4.98 Å². The minimum Gasteiger partial charge on any atom is -0.509 e. The van der Waals surface area contributed by atoms with Gasteiger partial charge in [0.1, 0.15) is 5.82 Å². The first kappa shape index (κ1) is 37.3. The first-order valence-electron chi connectivity index (χ1n) is 18.5. The van der Waals surface area contributed by atoms with Crippen molar-refractivity contribution in [2.75, 3.05) is 0 Å². The molecular formula is C46H48N4OPt. The van der Waals surface area contributed by atoms with E-state index in [0.717, 1.165) is 64.6 Å². The van der Waals surface area contributed by atoms with Gasteiger partial charge in [0, 0.05) is 35.0 Å². The summed E-state index contributed by atoms with van der Waals surface area (Å²) in [6.45, 7) is 15.9. The van der Waals surface area contributed by atoms with E-state index in [1.807, 2.05) is 41.3 Å². The van der Waals surface area contributed by atoms with Gasteiger partial charge in [0.05, 0.1) is 6.20 Å². The van der Waals surface area contributed by atoms with Crippen LogP contribution in [0.4, 0.5) is 0 Å². The molecule has 2 unspecified atom stereocenters. The third-order valence-electron chi connectivity index (χ3n) is 10.3. The van der Waals surface area contributed by atoms with Gasteiger partial charge in [-0.05, 0) is 89.0 Å². The van der Waals surface area contributed by atoms with Gasteiger partial charge in [-0.1, -0.05) is 95.8 Å². The Morgan fingerprint density at radius 2 is 1.48 bits per heavy atom. The summed E-state index contributed by atoms with van der Waals surface area (Å²) in [7, 11) is 0. The summed E-state index contributed by atoms with van der Waals surface area (Å²) in [4.78, 5) is 4.78. The van der Waals surface area contributed by atoms with Crippen LogP contribution < -0.4 is 4.74 Å². The molecule has 0 spiro atoms. The zero-order chi connectivity index (χ0) is 35.6. The minimum absolute atomic E-state index is 0. The minimum atomic E-state index is 0. The van der Waals surface area contributed by atoms with Gasteiger partial charge in [-0.3, -0.25) is 4.68 Å². The molecule has 52 heavy (non-hydrogen) atoms. The molecular weight excluding hydrogens is 820 g/mol. The van der Waals surface area contributed by atoms with Crippen molar-refractivity contribution in [1.29, 1.82) is 0 Å². The Morgan fingerprint density at radius 1 is 0.769 bits per heavy atom. The van der Waals surface area contributed by atoms with E-state index < -0.39 is 0 Å². The Bertz CT molecular complexity index is 2280. The number of hydrogen-bond donors (Lipinski definition) is 0. The van der Waals surface area contributed by atoms with Crippen molar-refractivity contribution in [3.8, 4) is 34.1 Å². The molecule has 0 fully saturated rings. The van der Waals surface area contributed by atoms with E-state index in [1.165, 1.54) is 27.8 Å². The molecule has 0 bridgehead atoms. The van der Waals surface area contributed by atoms with Gasteiger partial charge in [0.25, 0.3) is 0 Å². The number of rotatable bonds is 12. The van der Waals surface area contributed by atoms with E-state index >= 15 is 0 Å². The van der Waals surface area contributed by atoms with Crippen molar-refractivity contribution in [2.24, 2.45) is 11.8 Å². The van der Waals surface area contributed by atoms with Crippen LogP contribution >= 0.6 is 0 Å². The maximum atomic E-state index is 6.47. The largest absolute Gasteiger partial charge is 2.00 e. The molecule has 0 aliphatic heterocycles. The van der Waals surface area contributed by atoms with Gasteiger partial charge < -0.3 is 9.30 Å². The molecule has 6 heteroatoms. The number of aromatic nitrogens is 4. The SMILES string of the molecule is CCC(C)Cc1cc(C)cc(CC(C)CC)c1-c1cnn(-c2[c-]c(Oc3[c-]c4c(cc3)c3ccccc3n4-c3cc(C(C)C)ccn3)ccc2)c1.[Pt+2].